The number of hydrogen-bond acceptors (Lipinski definition) is 10. The van der Waals surface area contributed by atoms with Gasteiger partial charge in [-0.25, -0.2) is 14.8 Å². The van der Waals surface area contributed by atoms with Crippen molar-refractivity contribution >= 4 is 34.8 Å². The number of carbonyl (C=O) groups excluding carboxylic acids is 3. The summed E-state index contributed by atoms with van der Waals surface area (Å²) in [5, 5.41) is 12.9. The summed E-state index contributed by atoms with van der Waals surface area (Å²) in [6, 6.07) is 24.7. The molecular formula is C34H29N3O9. The van der Waals surface area contributed by atoms with E-state index in [9.17, 15) is 24.5 Å². The first kappa shape index (κ1) is 30.3. The summed E-state index contributed by atoms with van der Waals surface area (Å²) in [7, 11) is 1.41. The summed E-state index contributed by atoms with van der Waals surface area (Å²) in [6.07, 6.45) is -0.385. The van der Waals surface area contributed by atoms with Crippen LogP contribution >= 0.6 is 0 Å². The summed E-state index contributed by atoms with van der Waals surface area (Å²) >= 11 is 0. The van der Waals surface area contributed by atoms with Crippen molar-refractivity contribution in [1.29, 1.82) is 0 Å². The molecule has 12 nitrogen and oxygen atoms in total. The van der Waals surface area contributed by atoms with E-state index in [1.54, 1.807) is 72.8 Å². The van der Waals surface area contributed by atoms with Gasteiger partial charge in [-0.1, -0.05) is 37.3 Å². The lowest BCUT2D eigenvalue weighted by atomic mass is 9.90. The van der Waals surface area contributed by atoms with E-state index in [-0.39, 0.29) is 22.9 Å². The minimum Gasteiger partial charge on any atom is -0.494 e. The SMILES string of the molecule is CCCOc1ccc(N2C(=O)[C@@H]3[C@@H](c4ccc(OC(=O)c5ccccc5)c(OC)c4)N(c4cccc([N+](=O)[O-])c4)O[C@H]3C2=O)cc1. The van der Waals surface area contributed by atoms with Gasteiger partial charge in [0.25, 0.3) is 11.6 Å². The molecule has 2 saturated heterocycles. The number of anilines is 2. The smallest absolute Gasteiger partial charge is 0.343 e. The molecule has 12 heteroatoms. The van der Waals surface area contributed by atoms with Gasteiger partial charge in [-0.15, -0.1) is 0 Å². The second-order valence-electron chi connectivity index (χ2n) is 10.6. The van der Waals surface area contributed by atoms with Crippen molar-refractivity contribution < 1.29 is 38.4 Å². The summed E-state index contributed by atoms with van der Waals surface area (Å²) in [5.74, 6) is -1.75. The number of benzene rings is 4. The molecule has 2 fully saturated rings. The number of non-ortho nitro benzene ring substituents is 1. The van der Waals surface area contributed by atoms with E-state index >= 15 is 0 Å². The molecule has 2 heterocycles. The number of rotatable bonds is 10. The van der Waals surface area contributed by atoms with Crippen LogP contribution in [0.25, 0.3) is 0 Å². The average molecular weight is 624 g/mol. The number of carbonyl (C=O) groups is 3. The Bertz CT molecular complexity index is 1800. The number of esters is 1. The number of hydroxylamine groups is 1. The first-order valence-electron chi connectivity index (χ1n) is 14.6. The van der Waals surface area contributed by atoms with Crippen molar-refractivity contribution in [1.82, 2.24) is 0 Å². The van der Waals surface area contributed by atoms with E-state index in [4.69, 9.17) is 19.0 Å². The fraction of sp³-hybridized carbons (Fsp3) is 0.206. The second kappa shape index (κ2) is 12.7. The molecule has 0 radical (unpaired) electrons. The molecule has 4 aromatic rings. The normalized spacial score (nSPS) is 18.8. The standard InChI is InChI=1S/C34H29N3O9/c1-3-18-44-26-15-13-23(14-16-26)35-32(38)29-30(36(46-31(29)33(35)39)24-10-7-11-25(20-24)37(41)42)22-12-17-27(28(19-22)43-2)45-34(40)21-8-5-4-6-9-21/h4-17,19-20,29-31H,3,18H2,1-2H3/t29-,30-,31-/m1/s1. The van der Waals surface area contributed by atoms with Crippen molar-refractivity contribution in [3.8, 4) is 17.2 Å². The average Bonchev–Trinajstić information content (AvgIpc) is 3.59. The van der Waals surface area contributed by atoms with Crippen LogP contribution in [0.2, 0.25) is 0 Å². The van der Waals surface area contributed by atoms with E-state index in [1.807, 2.05) is 6.92 Å². The number of methoxy groups -OCH3 is 1. The van der Waals surface area contributed by atoms with Gasteiger partial charge in [0, 0.05) is 12.1 Å². The lowest BCUT2D eigenvalue weighted by Crippen LogP contribution is -2.37. The monoisotopic (exact) mass is 623 g/mol. The maximum absolute atomic E-state index is 14.1. The number of hydrogen-bond donors (Lipinski definition) is 0. The van der Waals surface area contributed by atoms with Gasteiger partial charge in [0.05, 0.1) is 41.6 Å². The summed E-state index contributed by atoms with van der Waals surface area (Å²) in [6.45, 7) is 2.52. The Morgan fingerprint density at radius 3 is 2.35 bits per heavy atom. The fourth-order valence-electron chi connectivity index (χ4n) is 5.57. The number of nitro benzene ring substituents is 1. The predicted octanol–water partition coefficient (Wildman–Crippen LogP) is 5.66. The van der Waals surface area contributed by atoms with Gasteiger partial charge in [0.2, 0.25) is 5.91 Å². The predicted molar refractivity (Wildman–Crippen MR) is 166 cm³/mol. The molecule has 0 bridgehead atoms. The molecule has 3 atom stereocenters. The molecule has 46 heavy (non-hydrogen) atoms. The molecule has 2 aliphatic rings. The summed E-state index contributed by atoms with van der Waals surface area (Å²) < 4.78 is 16.8. The quantitative estimate of drug-likeness (QED) is 0.0715. The van der Waals surface area contributed by atoms with Crippen LogP contribution in [0.3, 0.4) is 0 Å². The van der Waals surface area contributed by atoms with Gasteiger partial charge in [-0.05, 0) is 66.6 Å². The maximum atomic E-state index is 14.1. The van der Waals surface area contributed by atoms with Crippen LogP contribution < -0.4 is 24.2 Å². The number of nitrogens with zero attached hydrogens (tertiary/aromatic N) is 3. The molecule has 0 aromatic heterocycles. The van der Waals surface area contributed by atoms with Crippen LogP contribution in [0.1, 0.15) is 35.3 Å². The molecule has 0 aliphatic carbocycles. The van der Waals surface area contributed by atoms with Gasteiger partial charge in [-0.2, -0.15) is 0 Å². The van der Waals surface area contributed by atoms with Gasteiger partial charge in [0.1, 0.15) is 11.7 Å². The van der Waals surface area contributed by atoms with Crippen molar-refractivity contribution in [2.45, 2.75) is 25.5 Å². The van der Waals surface area contributed by atoms with Gasteiger partial charge in [0.15, 0.2) is 17.6 Å². The molecule has 2 amide bonds. The zero-order chi connectivity index (χ0) is 32.4. The fourth-order valence-corrected chi connectivity index (χ4v) is 5.57. The lowest BCUT2D eigenvalue weighted by molar-refractivity contribution is -0.384. The highest BCUT2D eigenvalue weighted by atomic mass is 16.7. The van der Waals surface area contributed by atoms with Crippen LogP contribution in [0, 0.1) is 16.0 Å². The third-order valence-electron chi connectivity index (χ3n) is 7.72. The minimum absolute atomic E-state index is 0.137. The molecule has 0 saturated carbocycles. The molecule has 6 rings (SSSR count). The number of amides is 2. The van der Waals surface area contributed by atoms with Crippen molar-refractivity contribution in [3.05, 3.63) is 118 Å². The molecule has 0 unspecified atom stereocenters. The highest BCUT2D eigenvalue weighted by molar-refractivity contribution is 6.24. The number of ether oxygens (including phenoxy) is 3. The van der Waals surface area contributed by atoms with Crippen LogP contribution in [0.15, 0.2) is 97.1 Å². The Morgan fingerprint density at radius 1 is 0.891 bits per heavy atom. The zero-order valence-electron chi connectivity index (χ0n) is 24.9. The summed E-state index contributed by atoms with van der Waals surface area (Å²) in [4.78, 5) is 58.9. The van der Waals surface area contributed by atoms with Crippen molar-refractivity contribution in [2.24, 2.45) is 5.92 Å². The number of nitro groups is 1. The Kier molecular flexibility index (Phi) is 8.36. The Labute approximate surface area is 263 Å². The van der Waals surface area contributed by atoms with Gasteiger partial charge in [-0.3, -0.25) is 24.5 Å². The molecule has 4 aromatic carbocycles. The third kappa shape index (κ3) is 5.61. The second-order valence-corrected chi connectivity index (χ2v) is 10.6. The van der Waals surface area contributed by atoms with Gasteiger partial charge < -0.3 is 14.2 Å². The molecule has 0 N–H and O–H groups in total. The van der Waals surface area contributed by atoms with E-state index < -0.39 is 40.8 Å². The van der Waals surface area contributed by atoms with E-state index in [0.29, 0.717) is 29.2 Å². The highest BCUT2D eigenvalue weighted by Gasteiger charge is 2.60. The highest BCUT2D eigenvalue weighted by Crippen LogP contribution is 2.49. The molecule has 2 aliphatic heterocycles. The van der Waals surface area contributed by atoms with Crippen LogP contribution in [-0.2, 0) is 14.4 Å². The van der Waals surface area contributed by atoms with Crippen LogP contribution in [0.4, 0.5) is 17.1 Å². The molecule has 234 valence electrons. The van der Waals surface area contributed by atoms with Crippen molar-refractivity contribution in [2.75, 3.05) is 23.7 Å². The van der Waals surface area contributed by atoms with Crippen LogP contribution in [0.5, 0.6) is 17.2 Å². The van der Waals surface area contributed by atoms with Gasteiger partial charge >= 0.3 is 5.97 Å². The topological polar surface area (TPSA) is 138 Å². The largest absolute Gasteiger partial charge is 0.494 e. The van der Waals surface area contributed by atoms with Crippen LogP contribution in [-0.4, -0.2) is 42.5 Å². The Morgan fingerprint density at radius 2 is 1.65 bits per heavy atom. The Hall–Kier alpha value is -5.75. The van der Waals surface area contributed by atoms with Crippen molar-refractivity contribution in [3.63, 3.8) is 0 Å². The van der Waals surface area contributed by atoms with E-state index in [2.05, 4.69) is 0 Å². The lowest BCUT2D eigenvalue weighted by Gasteiger charge is -2.29. The molecular weight excluding hydrogens is 594 g/mol. The Balaban J connectivity index is 1.37. The zero-order valence-corrected chi connectivity index (χ0v) is 24.9. The maximum Gasteiger partial charge on any atom is 0.343 e. The first-order chi connectivity index (χ1) is 22.3. The first-order valence-corrected chi connectivity index (χ1v) is 14.6. The van der Waals surface area contributed by atoms with E-state index in [1.165, 1.54) is 36.4 Å². The minimum atomic E-state index is -1.21. The van der Waals surface area contributed by atoms with E-state index in [0.717, 1.165) is 11.3 Å². The number of imide groups is 1. The summed E-state index contributed by atoms with van der Waals surface area (Å²) in [5.41, 5.74) is 1.27. The molecule has 0 spiro atoms. The third-order valence-corrected chi connectivity index (χ3v) is 7.72. The number of fused-ring (bicyclic) bond motifs is 1.